The van der Waals surface area contributed by atoms with Crippen LogP contribution < -0.4 is 5.43 Å². The molecule has 4 heteroatoms. The van der Waals surface area contributed by atoms with E-state index < -0.39 is 0 Å². The van der Waals surface area contributed by atoms with Gasteiger partial charge in [-0.05, 0) is 31.4 Å². The van der Waals surface area contributed by atoms with Gasteiger partial charge in [0.15, 0.2) is 0 Å². The van der Waals surface area contributed by atoms with E-state index in [4.69, 9.17) is 0 Å². The lowest BCUT2D eigenvalue weighted by molar-refractivity contribution is 0.317. The van der Waals surface area contributed by atoms with E-state index >= 15 is 0 Å². The van der Waals surface area contributed by atoms with Crippen LogP contribution in [0.15, 0.2) is 64.9 Å². The average Bonchev–Trinajstić information content (AvgIpc) is 2.62. The third-order valence-corrected chi connectivity index (χ3v) is 3.87. The highest BCUT2D eigenvalue weighted by molar-refractivity contribution is 6.01. The number of aryl methyl sites for hydroxylation is 1. The van der Waals surface area contributed by atoms with E-state index in [1.165, 1.54) is 5.56 Å². The first-order chi connectivity index (χ1) is 11.6. The van der Waals surface area contributed by atoms with Crippen LogP contribution in [0, 0.1) is 6.92 Å². The van der Waals surface area contributed by atoms with Gasteiger partial charge in [0.05, 0.1) is 11.4 Å². The second-order valence-electron chi connectivity index (χ2n) is 5.93. The zero-order valence-corrected chi connectivity index (χ0v) is 14.5. The molecule has 0 spiro atoms. The molecule has 0 aliphatic carbocycles. The highest BCUT2D eigenvalue weighted by atomic mass is 16.4. The molecule has 0 aromatic heterocycles. The molecule has 1 atom stereocenters. The predicted octanol–water partition coefficient (Wildman–Crippen LogP) is 4.36. The predicted molar refractivity (Wildman–Crippen MR) is 100.0 cm³/mol. The Morgan fingerprint density at radius 2 is 1.62 bits per heavy atom. The normalized spacial score (nSPS) is 13.6. The van der Waals surface area contributed by atoms with E-state index in [1.807, 2.05) is 56.3 Å². The molecule has 0 heterocycles. The minimum atomic E-state index is 0.0578. The summed E-state index contributed by atoms with van der Waals surface area (Å²) in [5, 5.41) is 17.3. The van der Waals surface area contributed by atoms with Crippen molar-refractivity contribution in [2.45, 2.75) is 39.7 Å². The standard InChI is InChI=1S/C20H25N3O/c1-4-19(17-8-6-5-7-9-17)22-21-16(3)14-20(23-24)18-12-10-15(2)11-13-18/h5-13,16,21,24H,4,14H2,1-3H3/b22-19-,23-20-. The number of hydrogen-bond acceptors (Lipinski definition) is 4. The van der Waals surface area contributed by atoms with Crippen LogP contribution >= 0.6 is 0 Å². The fourth-order valence-corrected chi connectivity index (χ4v) is 2.46. The molecule has 126 valence electrons. The summed E-state index contributed by atoms with van der Waals surface area (Å²) in [5.74, 6) is 0. The Hall–Kier alpha value is -2.62. The Bertz CT molecular complexity index is 691. The van der Waals surface area contributed by atoms with Crippen molar-refractivity contribution in [1.29, 1.82) is 0 Å². The Labute approximate surface area is 143 Å². The maximum atomic E-state index is 9.32. The van der Waals surface area contributed by atoms with Crippen LogP contribution in [0.3, 0.4) is 0 Å². The summed E-state index contributed by atoms with van der Waals surface area (Å²) in [7, 11) is 0. The van der Waals surface area contributed by atoms with Crippen molar-refractivity contribution in [3.8, 4) is 0 Å². The molecule has 4 nitrogen and oxygen atoms in total. The van der Waals surface area contributed by atoms with Gasteiger partial charge in [-0.2, -0.15) is 5.10 Å². The van der Waals surface area contributed by atoms with E-state index in [1.54, 1.807) is 0 Å². The van der Waals surface area contributed by atoms with Crippen LogP contribution in [0.2, 0.25) is 0 Å². The third-order valence-electron chi connectivity index (χ3n) is 3.87. The van der Waals surface area contributed by atoms with Crippen molar-refractivity contribution in [1.82, 2.24) is 5.43 Å². The van der Waals surface area contributed by atoms with Gasteiger partial charge < -0.3 is 10.6 Å². The second-order valence-corrected chi connectivity index (χ2v) is 5.93. The van der Waals surface area contributed by atoms with Crippen LogP contribution in [0.4, 0.5) is 0 Å². The fraction of sp³-hybridized carbons (Fsp3) is 0.300. The van der Waals surface area contributed by atoms with Crippen LogP contribution in [0.5, 0.6) is 0 Å². The van der Waals surface area contributed by atoms with Gasteiger partial charge in [0.2, 0.25) is 0 Å². The van der Waals surface area contributed by atoms with Crippen molar-refractivity contribution < 1.29 is 5.21 Å². The fourth-order valence-electron chi connectivity index (χ4n) is 2.46. The molecule has 0 fully saturated rings. The average molecular weight is 323 g/mol. The number of nitrogens with one attached hydrogen (secondary N) is 1. The zero-order chi connectivity index (χ0) is 17.4. The minimum absolute atomic E-state index is 0.0578. The van der Waals surface area contributed by atoms with Gasteiger partial charge in [-0.15, -0.1) is 0 Å². The molecule has 0 aliphatic heterocycles. The quantitative estimate of drug-likeness (QED) is 0.452. The van der Waals surface area contributed by atoms with E-state index in [2.05, 4.69) is 34.7 Å². The molecule has 0 saturated heterocycles. The monoisotopic (exact) mass is 323 g/mol. The highest BCUT2D eigenvalue weighted by Gasteiger charge is 2.10. The summed E-state index contributed by atoms with van der Waals surface area (Å²) in [4.78, 5) is 0. The van der Waals surface area contributed by atoms with Gasteiger partial charge in [-0.3, -0.25) is 0 Å². The van der Waals surface area contributed by atoms with E-state index in [0.717, 1.165) is 23.3 Å². The lowest BCUT2D eigenvalue weighted by Crippen LogP contribution is -2.26. The maximum Gasteiger partial charge on any atom is 0.0888 e. The summed E-state index contributed by atoms with van der Waals surface area (Å²) in [6.07, 6.45) is 1.44. The molecular formula is C20H25N3O. The summed E-state index contributed by atoms with van der Waals surface area (Å²) in [6, 6.07) is 18.2. The van der Waals surface area contributed by atoms with Crippen LogP contribution in [-0.4, -0.2) is 22.7 Å². The van der Waals surface area contributed by atoms with Gasteiger partial charge in [-0.1, -0.05) is 72.2 Å². The topological polar surface area (TPSA) is 57.0 Å². The number of oxime groups is 1. The first-order valence-electron chi connectivity index (χ1n) is 8.29. The van der Waals surface area contributed by atoms with Crippen molar-refractivity contribution in [3.63, 3.8) is 0 Å². The highest BCUT2D eigenvalue weighted by Crippen LogP contribution is 2.10. The number of benzene rings is 2. The molecular weight excluding hydrogens is 298 g/mol. The lowest BCUT2D eigenvalue weighted by atomic mass is 10.0. The van der Waals surface area contributed by atoms with Crippen LogP contribution in [0.25, 0.3) is 0 Å². The summed E-state index contributed by atoms with van der Waals surface area (Å²) in [5.41, 5.74) is 8.08. The Morgan fingerprint density at radius 1 is 1.00 bits per heavy atom. The SMILES string of the molecule is CC/C(=N/NC(C)C/C(=N/O)c1ccc(C)cc1)c1ccccc1. The zero-order valence-electron chi connectivity index (χ0n) is 14.5. The number of hydrogen-bond donors (Lipinski definition) is 2. The minimum Gasteiger partial charge on any atom is -0.411 e. The Balaban J connectivity index is 2.02. The van der Waals surface area contributed by atoms with Crippen LogP contribution in [0.1, 0.15) is 43.4 Å². The van der Waals surface area contributed by atoms with Crippen molar-refractivity contribution in [2.75, 3.05) is 0 Å². The molecule has 0 saturated carbocycles. The molecule has 2 rings (SSSR count). The molecule has 2 aromatic rings. The maximum absolute atomic E-state index is 9.32. The molecule has 0 amide bonds. The molecule has 1 unspecified atom stereocenters. The Morgan fingerprint density at radius 3 is 2.21 bits per heavy atom. The first kappa shape index (κ1) is 17.7. The third kappa shape index (κ3) is 4.95. The molecule has 2 aromatic carbocycles. The van der Waals surface area contributed by atoms with E-state index in [-0.39, 0.29) is 6.04 Å². The summed E-state index contributed by atoms with van der Waals surface area (Å²) >= 11 is 0. The number of nitrogens with zero attached hydrogens (tertiary/aromatic N) is 2. The lowest BCUT2D eigenvalue weighted by Gasteiger charge is -2.14. The van der Waals surface area contributed by atoms with Crippen molar-refractivity contribution in [2.24, 2.45) is 10.3 Å². The van der Waals surface area contributed by atoms with Gasteiger partial charge in [-0.25, -0.2) is 0 Å². The Kier molecular flexibility index (Phi) is 6.55. The summed E-state index contributed by atoms with van der Waals surface area (Å²) in [6.45, 7) is 6.15. The molecule has 0 radical (unpaired) electrons. The van der Waals surface area contributed by atoms with Gasteiger partial charge >= 0.3 is 0 Å². The van der Waals surface area contributed by atoms with Gasteiger partial charge in [0.25, 0.3) is 0 Å². The van der Waals surface area contributed by atoms with Crippen LogP contribution in [-0.2, 0) is 0 Å². The molecule has 0 bridgehead atoms. The number of hydrazone groups is 1. The summed E-state index contributed by atoms with van der Waals surface area (Å²) < 4.78 is 0. The van der Waals surface area contributed by atoms with E-state index in [9.17, 15) is 5.21 Å². The molecule has 24 heavy (non-hydrogen) atoms. The van der Waals surface area contributed by atoms with Crippen molar-refractivity contribution >= 4 is 11.4 Å². The largest absolute Gasteiger partial charge is 0.411 e. The van der Waals surface area contributed by atoms with Gasteiger partial charge in [0.1, 0.15) is 0 Å². The smallest absolute Gasteiger partial charge is 0.0888 e. The van der Waals surface area contributed by atoms with Gasteiger partial charge in [0, 0.05) is 12.5 Å². The molecule has 0 aliphatic rings. The first-order valence-corrected chi connectivity index (χ1v) is 8.29. The van der Waals surface area contributed by atoms with Crippen molar-refractivity contribution in [3.05, 3.63) is 71.3 Å². The second kappa shape index (κ2) is 8.87. The molecule has 2 N–H and O–H groups in total. The van der Waals surface area contributed by atoms with E-state index in [0.29, 0.717) is 12.1 Å². The number of rotatable bonds is 7.